The van der Waals surface area contributed by atoms with Crippen molar-refractivity contribution in [2.45, 2.75) is 6.92 Å². The van der Waals surface area contributed by atoms with Crippen molar-refractivity contribution < 1.29 is 0 Å². The van der Waals surface area contributed by atoms with Crippen molar-refractivity contribution in [2.75, 3.05) is 5.32 Å². The Balaban J connectivity index is 2.43. The van der Waals surface area contributed by atoms with E-state index in [-0.39, 0.29) is 0 Å². The molecule has 1 N–H and O–H groups in total. The van der Waals surface area contributed by atoms with Gasteiger partial charge in [-0.15, -0.1) is 0 Å². The molecule has 0 amide bonds. The summed E-state index contributed by atoms with van der Waals surface area (Å²) >= 11 is 0. The average Bonchev–Trinajstić information content (AvgIpc) is 2.14. The SMILES string of the molecule is CC=CC=CNc1ccccc1. The molecule has 0 aromatic heterocycles. The Hall–Kier alpha value is -1.50. The Kier molecular flexibility index (Phi) is 3.72. The molecule has 1 rings (SSSR count). The lowest BCUT2D eigenvalue weighted by Crippen LogP contribution is -1.84. The summed E-state index contributed by atoms with van der Waals surface area (Å²) in [5, 5.41) is 3.15. The third-order valence-corrected chi connectivity index (χ3v) is 1.42. The van der Waals surface area contributed by atoms with Crippen molar-refractivity contribution in [2.24, 2.45) is 0 Å². The van der Waals surface area contributed by atoms with E-state index in [9.17, 15) is 0 Å². The maximum absolute atomic E-state index is 3.15. The van der Waals surface area contributed by atoms with Crippen LogP contribution in [0.4, 0.5) is 5.69 Å². The monoisotopic (exact) mass is 159 g/mol. The molecule has 0 saturated carbocycles. The van der Waals surface area contributed by atoms with Crippen LogP contribution in [0.3, 0.4) is 0 Å². The molecule has 1 aromatic rings. The molecule has 0 heterocycles. The molecule has 0 unspecified atom stereocenters. The number of nitrogens with one attached hydrogen (secondary N) is 1. The lowest BCUT2D eigenvalue weighted by atomic mass is 10.3. The van der Waals surface area contributed by atoms with Crippen LogP contribution in [0.15, 0.2) is 54.8 Å². The van der Waals surface area contributed by atoms with E-state index in [4.69, 9.17) is 0 Å². The zero-order valence-corrected chi connectivity index (χ0v) is 7.20. The molecule has 1 heteroatoms. The summed E-state index contributed by atoms with van der Waals surface area (Å²) in [7, 11) is 0. The molecule has 0 fully saturated rings. The van der Waals surface area contributed by atoms with Gasteiger partial charge in [0.15, 0.2) is 0 Å². The first-order valence-corrected chi connectivity index (χ1v) is 4.03. The number of allylic oxidation sites excluding steroid dienone is 3. The molecule has 0 saturated heterocycles. The van der Waals surface area contributed by atoms with Crippen molar-refractivity contribution >= 4 is 5.69 Å². The van der Waals surface area contributed by atoms with E-state index >= 15 is 0 Å². The largest absolute Gasteiger partial charge is 0.362 e. The fraction of sp³-hybridized carbons (Fsp3) is 0.0909. The highest BCUT2D eigenvalue weighted by Gasteiger charge is 1.81. The van der Waals surface area contributed by atoms with Gasteiger partial charge in [-0.3, -0.25) is 0 Å². The van der Waals surface area contributed by atoms with Gasteiger partial charge in [-0.1, -0.05) is 30.4 Å². The summed E-state index contributed by atoms with van der Waals surface area (Å²) in [4.78, 5) is 0. The molecule has 0 atom stereocenters. The molecular weight excluding hydrogens is 146 g/mol. The first-order valence-electron chi connectivity index (χ1n) is 4.03. The number of hydrogen-bond acceptors (Lipinski definition) is 1. The summed E-state index contributed by atoms with van der Waals surface area (Å²) in [5.41, 5.74) is 1.11. The number of hydrogen-bond donors (Lipinski definition) is 1. The topological polar surface area (TPSA) is 12.0 Å². The van der Waals surface area contributed by atoms with E-state index in [0.717, 1.165) is 5.69 Å². The first kappa shape index (κ1) is 8.60. The van der Waals surface area contributed by atoms with E-state index in [1.54, 1.807) is 0 Å². The summed E-state index contributed by atoms with van der Waals surface area (Å²) in [6.45, 7) is 1.99. The van der Waals surface area contributed by atoms with Crippen LogP contribution in [0.25, 0.3) is 0 Å². The summed E-state index contributed by atoms with van der Waals surface area (Å²) in [5.74, 6) is 0. The van der Waals surface area contributed by atoms with Gasteiger partial charge in [0.1, 0.15) is 0 Å². The standard InChI is InChI=1S/C11H13N/c1-2-3-7-10-12-11-8-5-4-6-9-11/h2-10,12H,1H3. The van der Waals surface area contributed by atoms with Crippen molar-refractivity contribution in [1.82, 2.24) is 0 Å². The maximum Gasteiger partial charge on any atom is 0.0379 e. The lowest BCUT2D eigenvalue weighted by Gasteiger charge is -1.96. The average molecular weight is 159 g/mol. The normalized spacial score (nSPS) is 11.1. The van der Waals surface area contributed by atoms with E-state index in [1.165, 1.54) is 0 Å². The molecule has 1 aromatic carbocycles. The molecule has 0 aliphatic carbocycles. The van der Waals surface area contributed by atoms with Gasteiger partial charge in [-0.2, -0.15) is 0 Å². The van der Waals surface area contributed by atoms with Gasteiger partial charge in [0.2, 0.25) is 0 Å². The fourth-order valence-electron chi connectivity index (χ4n) is 0.845. The van der Waals surface area contributed by atoms with E-state index in [2.05, 4.69) is 5.32 Å². The molecule has 12 heavy (non-hydrogen) atoms. The Morgan fingerprint density at radius 3 is 2.50 bits per heavy atom. The number of para-hydroxylation sites is 1. The number of rotatable bonds is 3. The van der Waals surface area contributed by atoms with E-state index in [0.29, 0.717) is 0 Å². The van der Waals surface area contributed by atoms with Gasteiger partial charge in [0.25, 0.3) is 0 Å². The minimum atomic E-state index is 1.11. The van der Waals surface area contributed by atoms with Crippen LogP contribution in [0.1, 0.15) is 6.92 Å². The molecule has 0 aliphatic heterocycles. The van der Waals surface area contributed by atoms with Crippen molar-refractivity contribution in [3.8, 4) is 0 Å². The Morgan fingerprint density at radius 2 is 1.83 bits per heavy atom. The van der Waals surface area contributed by atoms with Crippen molar-refractivity contribution in [3.63, 3.8) is 0 Å². The van der Waals surface area contributed by atoms with Crippen molar-refractivity contribution in [3.05, 3.63) is 54.8 Å². The molecule has 0 spiro atoms. The zero-order chi connectivity index (χ0) is 8.65. The summed E-state index contributed by atoms with van der Waals surface area (Å²) < 4.78 is 0. The Bertz CT molecular complexity index is 260. The van der Waals surface area contributed by atoms with Crippen LogP contribution >= 0.6 is 0 Å². The maximum atomic E-state index is 3.15. The quantitative estimate of drug-likeness (QED) is 0.668. The second-order valence-electron chi connectivity index (χ2n) is 2.40. The van der Waals surface area contributed by atoms with Gasteiger partial charge in [-0.05, 0) is 25.1 Å². The van der Waals surface area contributed by atoms with Crippen LogP contribution in [-0.2, 0) is 0 Å². The number of anilines is 1. The van der Waals surface area contributed by atoms with Crippen LogP contribution in [0.5, 0.6) is 0 Å². The van der Waals surface area contributed by atoms with Gasteiger partial charge >= 0.3 is 0 Å². The third-order valence-electron chi connectivity index (χ3n) is 1.42. The first-order chi connectivity index (χ1) is 5.93. The Labute approximate surface area is 73.4 Å². The predicted molar refractivity (Wildman–Crippen MR) is 54.0 cm³/mol. The number of benzene rings is 1. The summed E-state index contributed by atoms with van der Waals surface area (Å²) in [6.07, 6.45) is 7.85. The predicted octanol–water partition coefficient (Wildman–Crippen LogP) is 3.19. The van der Waals surface area contributed by atoms with Crippen LogP contribution < -0.4 is 5.32 Å². The second-order valence-corrected chi connectivity index (χ2v) is 2.40. The van der Waals surface area contributed by atoms with Crippen LogP contribution in [-0.4, -0.2) is 0 Å². The van der Waals surface area contributed by atoms with Crippen molar-refractivity contribution in [1.29, 1.82) is 0 Å². The zero-order valence-electron chi connectivity index (χ0n) is 7.20. The molecule has 62 valence electrons. The molecule has 0 bridgehead atoms. The molecule has 0 radical (unpaired) electrons. The highest BCUT2D eigenvalue weighted by atomic mass is 14.8. The summed E-state index contributed by atoms with van der Waals surface area (Å²) in [6, 6.07) is 10.1. The van der Waals surface area contributed by atoms with E-state index in [1.807, 2.05) is 61.7 Å². The smallest absolute Gasteiger partial charge is 0.0379 e. The highest BCUT2D eigenvalue weighted by Crippen LogP contribution is 2.03. The minimum absolute atomic E-state index is 1.11. The van der Waals surface area contributed by atoms with Gasteiger partial charge in [0, 0.05) is 11.9 Å². The fourth-order valence-corrected chi connectivity index (χ4v) is 0.845. The highest BCUT2D eigenvalue weighted by molar-refractivity contribution is 5.45. The minimum Gasteiger partial charge on any atom is -0.362 e. The molecular formula is C11H13N. The molecule has 1 nitrogen and oxygen atoms in total. The second kappa shape index (κ2) is 5.19. The Morgan fingerprint density at radius 1 is 1.08 bits per heavy atom. The third kappa shape index (κ3) is 3.06. The molecule has 0 aliphatic rings. The van der Waals surface area contributed by atoms with Crippen LogP contribution in [0, 0.1) is 0 Å². The van der Waals surface area contributed by atoms with Gasteiger partial charge in [-0.25, -0.2) is 0 Å². The van der Waals surface area contributed by atoms with E-state index < -0.39 is 0 Å². The van der Waals surface area contributed by atoms with Gasteiger partial charge < -0.3 is 5.32 Å². The van der Waals surface area contributed by atoms with Gasteiger partial charge in [0.05, 0.1) is 0 Å². The van der Waals surface area contributed by atoms with Crippen LogP contribution in [0.2, 0.25) is 0 Å². The lowest BCUT2D eigenvalue weighted by molar-refractivity contribution is 1.58.